The van der Waals surface area contributed by atoms with Crippen LogP contribution in [0.15, 0.2) is 29.2 Å². The van der Waals surface area contributed by atoms with Gasteiger partial charge in [0.25, 0.3) is 0 Å². The first kappa shape index (κ1) is 19.1. The van der Waals surface area contributed by atoms with Crippen molar-refractivity contribution in [2.45, 2.75) is 17.9 Å². The summed E-state index contributed by atoms with van der Waals surface area (Å²) in [7, 11) is -2.50. The SMILES string of the molecule is COC(=O)c1sc2ccccc2c1S(=O)(=O)N1CCNC(C)C1.Cl. The number of sulfonamides is 1. The average molecular weight is 391 g/mol. The smallest absolute Gasteiger partial charge is 0.349 e. The first-order valence-corrected chi connectivity index (χ1v) is 9.54. The Hall–Kier alpha value is -1.19. The highest BCUT2D eigenvalue weighted by atomic mass is 35.5. The molecule has 1 aliphatic rings. The number of thiophene rings is 1. The molecule has 6 nitrogen and oxygen atoms in total. The number of carbonyl (C=O) groups excluding carboxylic acids is 1. The highest BCUT2D eigenvalue weighted by molar-refractivity contribution is 7.89. The molecule has 0 bridgehead atoms. The highest BCUT2D eigenvalue weighted by Crippen LogP contribution is 2.37. The minimum atomic E-state index is -3.76. The predicted molar refractivity (Wildman–Crippen MR) is 96.6 cm³/mol. The van der Waals surface area contributed by atoms with Crippen LogP contribution < -0.4 is 5.32 Å². The van der Waals surface area contributed by atoms with Crippen molar-refractivity contribution < 1.29 is 17.9 Å². The molecule has 9 heteroatoms. The van der Waals surface area contributed by atoms with Crippen LogP contribution in [0.2, 0.25) is 0 Å². The van der Waals surface area contributed by atoms with Gasteiger partial charge in [-0.15, -0.1) is 23.7 Å². The molecule has 0 saturated carbocycles. The fourth-order valence-electron chi connectivity index (χ4n) is 2.75. The quantitative estimate of drug-likeness (QED) is 0.812. The topological polar surface area (TPSA) is 75.7 Å². The van der Waals surface area contributed by atoms with E-state index in [1.165, 1.54) is 11.4 Å². The maximum Gasteiger partial charge on any atom is 0.349 e. The molecule has 3 rings (SSSR count). The van der Waals surface area contributed by atoms with Crippen LogP contribution in [-0.2, 0) is 14.8 Å². The standard InChI is InChI=1S/C15H18N2O4S2.ClH/c1-10-9-17(8-7-16-10)23(19,20)14-11-5-3-4-6-12(11)22-13(14)15(18)21-2;/h3-6,10,16H,7-9H2,1-2H3;1H. The summed E-state index contributed by atoms with van der Waals surface area (Å²) in [5.74, 6) is -0.618. The number of ether oxygens (including phenoxy) is 1. The number of halogens is 1. The number of esters is 1. The van der Waals surface area contributed by atoms with Gasteiger partial charge >= 0.3 is 5.97 Å². The first-order valence-electron chi connectivity index (χ1n) is 7.28. The molecule has 1 saturated heterocycles. The number of nitrogens with one attached hydrogen (secondary N) is 1. The molecule has 1 aliphatic heterocycles. The molecule has 0 amide bonds. The van der Waals surface area contributed by atoms with E-state index in [4.69, 9.17) is 4.74 Å². The van der Waals surface area contributed by atoms with Crippen LogP contribution in [-0.4, -0.2) is 51.5 Å². The molecule has 1 fully saturated rings. The van der Waals surface area contributed by atoms with Crippen molar-refractivity contribution in [2.75, 3.05) is 26.7 Å². The lowest BCUT2D eigenvalue weighted by Crippen LogP contribution is -2.51. The number of rotatable bonds is 3. The Morgan fingerprint density at radius 2 is 2.08 bits per heavy atom. The zero-order valence-corrected chi connectivity index (χ0v) is 15.8. The molecule has 0 spiro atoms. The van der Waals surface area contributed by atoms with Crippen molar-refractivity contribution in [2.24, 2.45) is 0 Å². The van der Waals surface area contributed by atoms with Gasteiger partial charge in [-0.05, 0) is 13.0 Å². The summed E-state index contributed by atoms with van der Waals surface area (Å²) in [6, 6.07) is 7.21. The van der Waals surface area contributed by atoms with Gasteiger partial charge in [0.2, 0.25) is 10.0 Å². The van der Waals surface area contributed by atoms with Gasteiger partial charge in [-0.1, -0.05) is 18.2 Å². The van der Waals surface area contributed by atoms with Gasteiger partial charge in [0.05, 0.1) is 7.11 Å². The summed E-state index contributed by atoms with van der Waals surface area (Å²) in [6.07, 6.45) is 0. The molecule has 1 unspecified atom stereocenters. The monoisotopic (exact) mass is 390 g/mol. The summed E-state index contributed by atoms with van der Waals surface area (Å²) >= 11 is 1.15. The molecular formula is C15H19ClN2O4S2. The Morgan fingerprint density at radius 1 is 1.38 bits per heavy atom. The van der Waals surface area contributed by atoms with Crippen molar-refractivity contribution in [3.63, 3.8) is 0 Å². The number of piperazine rings is 1. The molecule has 0 radical (unpaired) electrons. The number of carbonyl (C=O) groups is 1. The zero-order chi connectivity index (χ0) is 16.6. The van der Waals surface area contributed by atoms with Gasteiger partial charge in [0, 0.05) is 35.8 Å². The van der Waals surface area contributed by atoms with Crippen molar-refractivity contribution in [3.05, 3.63) is 29.1 Å². The van der Waals surface area contributed by atoms with E-state index in [0.29, 0.717) is 25.0 Å². The number of benzene rings is 1. The summed E-state index contributed by atoms with van der Waals surface area (Å²) in [5.41, 5.74) is 0. The van der Waals surface area contributed by atoms with Gasteiger partial charge in [-0.2, -0.15) is 4.31 Å². The second-order valence-corrected chi connectivity index (χ2v) is 8.39. The van der Waals surface area contributed by atoms with Crippen LogP contribution in [0.1, 0.15) is 16.6 Å². The van der Waals surface area contributed by atoms with E-state index >= 15 is 0 Å². The summed E-state index contributed by atoms with van der Waals surface area (Å²) in [6.45, 7) is 3.30. The fourth-order valence-corrected chi connectivity index (χ4v) is 6.05. The lowest BCUT2D eigenvalue weighted by atomic mass is 10.2. The highest BCUT2D eigenvalue weighted by Gasteiger charge is 2.35. The second-order valence-electron chi connectivity index (χ2n) is 5.47. The van der Waals surface area contributed by atoms with Crippen LogP contribution in [0.5, 0.6) is 0 Å². The first-order chi connectivity index (χ1) is 10.9. The van der Waals surface area contributed by atoms with E-state index in [1.54, 1.807) is 12.1 Å². The second kappa shape index (κ2) is 7.37. The van der Waals surface area contributed by atoms with E-state index < -0.39 is 16.0 Å². The number of hydrogen-bond acceptors (Lipinski definition) is 6. The lowest BCUT2D eigenvalue weighted by molar-refractivity contribution is 0.0602. The molecule has 1 aromatic carbocycles. The Bertz CT molecular complexity index is 850. The molecule has 2 aromatic rings. The van der Waals surface area contributed by atoms with Gasteiger partial charge in [0.1, 0.15) is 9.77 Å². The third-order valence-corrected chi connectivity index (χ3v) is 7.08. The molecule has 132 valence electrons. The minimum absolute atomic E-state index is 0. The number of hydrogen-bond donors (Lipinski definition) is 1. The Morgan fingerprint density at radius 3 is 2.75 bits per heavy atom. The van der Waals surface area contributed by atoms with Crippen LogP contribution in [0, 0.1) is 0 Å². The largest absolute Gasteiger partial charge is 0.465 e. The Labute approximate surface area is 151 Å². The van der Waals surface area contributed by atoms with Gasteiger partial charge in [0.15, 0.2) is 0 Å². The average Bonchev–Trinajstić information content (AvgIpc) is 2.94. The fraction of sp³-hybridized carbons (Fsp3) is 0.400. The van der Waals surface area contributed by atoms with E-state index in [-0.39, 0.29) is 28.2 Å². The third kappa shape index (κ3) is 3.29. The third-order valence-electron chi connectivity index (χ3n) is 3.85. The summed E-state index contributed by atoms with van der Waals surface area (Å²) in [4.78, 5) is 12.3. The maximum absolute atomic E-state index is 13.1. The molecule has 24 heavy (non-hydrogen) atoms. The number of fused-ring (bicyclic) bond motifs is 1. The van der Waals surface area contributed by atoms with Crippen molar-refractivity contribution in [1.82, 2.24) is 9.62 Å². The lowest BCUT2D eigenvalue weighted by Gasteiger charge is -2.31. The Balaban J connectivity index is 0.00000208. The van der Waals surface area contributed by atoms with Gasteiger partial charge < -0.3 is 10.1 Å². The van der Waals surface area contributed by atoms with Crippen molar-refractivity contribution in [3.8, 4) is 0 Å². The van der Waals surface area contributed by atoms with Crippen LogP contribution >= 0.6 is 23.7 Å². The van der Waals surface area contributed by atoms with Crippen molar-refractivity contribution in [1.29, 1.82) is 0 Å². The molecule has 2 heterocycles. The van der Waals surface area contributed by atoms with Crippen LogP contribution in [0.3, 0.4) is 0 Å². The van der Waals surface area contributed by atoms with E-state index in [0.717, 1.165) is 16.0 Å². The van der Waals surface area contributed by atoms with E-state index in [1.807, 2.05) is 19.1 Å². The predicted octanol–water partition coefficient (Wildman–Crippen LogP) is 2.09. The summed E-state index contributed by atoms with van der Waals surface area (Å²) in [5, 5.41) is 3.79. The van der Waals surface area contributed by atoms with E-state index in [9.17, 15) is 13.2 Å². The molecule has 1 N–H and O–H groups in total. The van der Waals surface area contributed by atoms with Crippen LogP contribution in [0.4, 0.5) is 0 Å². The van der Waals surface area contributed by atoms with Crippen molar-refractivity contribution >= 4 is 49.8 Å². The number of nitrogens with zero attached hydrogens (tertiary/aromatic N) is 1. The van der Waals surface area contributed by atoms with E-state index in [2.05, 4.69) is 5.32 Å². The molecule has 1 aromatic heterocycles. The molecule has 0 aliphatic carbocycles. The minimum Gasteiger partial charge on any atom is -0.465 e. The summed E-state index contributed by atoms with van der Waals surface area (Å²) < 4.78 is 33.3. The molecule has 1 atom stereocenters. The maximum atomic E-state index is 13.1. The molecular weight excluding hydrogens is 372 g/mol. The van der Waals surface area contributed by atoms with Gasteiger partial charge in [-0.25, -0.2) is 13.2 Å². The zero-order valence-electron chi connectivity index (χ0n) is 13.3. The number of methoxy groups -OCH3 is 1. The van der Waals surface area contributed by atoms with Gasteiger partial charge in [-0.3, -0.25) is 0 Å². The van der Waals surface area contributed by atoms with Crippen LogP contribution in [0.25, 0.3) is 10.1 Å². The normalized spacial score (nSPS) is 19.0. The Kier molecular flexibility index (Phi) is 5.87.